The fourth-order valence-corrected chi connectivity index (χ4v) is 5.22. The van der Waals surface area contributed by atoms with E-state index in [1.165, 1.54) is 4.90 Å². The average Bonchev–Trinajstić information content (AvgIpc) is 3.21. The number of carbonyl (C=O) groups is 1. The summed E-state index contributed by atoms with van der Waals surface area (Å²) in [6.45, 7) is 6.24. The van der Waals surface area contributed by atoms with Gasteiger partial charge in [-0.3, -0.25) is 0 Å². The summed E-state index contributed by atoms with van der Waals surface area (Å²) in [6, 6.07) is 1.66. The van der Waals surface area contributed by atoms with Crippen LogP contribution in [-0.2, 0) is 0 Å². The number of thioether (sulfide) groups is 1. The predicted molar refractivity (Wildman–Crippen MR) is 129 cm³/mol. The molecule has 34 heavy (non-hydrogen) atoms. The van der Waals surface area contributed by atoms with E-state index in [9.17, 15) is 18.0 Å². The van der Waals surface area contributed by atoms with E-state index >= 15 is 0 Å². The highest BCUT2D eigenvalue weighted by atomic mass is 32.2. The number of anilines is 1. The number of halogens is 3. The minimum atomic E-state index is -4.29. The van der Waals surface area contributed by atoms with Crippen LogP contribution in [0.4, 0.5) is 23.9 Å². The molecule has 0 spiro atoms. The molecule has 1 aliphatic carbocycles. The number of carbonyl (C=O) groups excluding carboxylic acids is 1. The van der Waals surface area contributed by atoms with Gasteiger partial charge in [-0.15, -0.1) is 0 Å². The molecule has 2 amide bonds. The first-order valence-electron chi connectivity index (χ1n) is 11.0. The Bertz CT molecular complexity index is 1180. The fourth-order valence-electron chi connectivity index (χ4n) is 4.37. The Hall–Kier alpha value is -2.82. The molecule has 4 rings (SSSR count). The Morgan fingerprint density at radius 1 is 1.29 bits per heavy atom. The molecule has 1 fully saturated rings. The van der Waals surface area contributed by atoms with Gasteiger partial charge in [0, 0.05) is 48.2 Å². The van der Waals surface area contributed by atoms with Crippen LogP contribution in [0.1, 0.15) is 37.9 Å². The lowest BCUT2D eigenvalue weighted by atomic mass is 9.81. The second-order valence-electron chi connectivity index (χ2n) is 8.92. The van der Waals surface area contributed by atoms with Crippen molar-refractivity contribution in [3.63, 3.8) is 0 Å². The van der Waals surface area contributed by atoms with Gasteiger partial charge in [-0.2, -0.15) is 18.2 Å². The number of likely N-dealkylation sites (tertiary alicyclic amines) is 1. The highest BCUT2D eigenvalue weighted by Gasteiger charge is 2.39. The van der Waals surface area contributed by atoms with Crippen LogP contribution in [0.5, 0.6) is 0 Å². The van der Waals surface area contributed by atoms with Crippen LogP contribution in [-0.4, -0.2) is 62.3 Å². The number of nitrogens with zero attached hydrogens (tertiary/aromatic N) is 4. The SMILES string of the molecule is CNc1ncc2cc(C3=C(C)C=CC(C)(NC(=O)N4CC[C@@H](SC(F)(F)F)C4)C3)c(C)nc2n1. The highest BCUT2D eigenvalue weighted by Crippen LogP contribution is 2.38. The molecule has 182 valence electrons. The normalized spacial score (nSPS) is 23.0. The first-order chi connectivity index (χ1) is 16.0. The molecule has 1 aliphatic heterocycles. The van der Waals surface area contributed by atoms with Crippen molar-refractivity contribution in [2.75, 3.05) is 25.5 Å². The summed E-state index contributed by atoms with van der Waals surface area (Å²) in [7, 11) is 1.75. The quantitative estimate of drug-likeness (QED) is 0.632. The number of hydrogen-bond donors (Lipinski definition) is 2. The van der Waals surface area contributed by atoms with Gasteiger partial charge in [-0.05, 0) is 62.6 Å². The van der Waals surface area contributed by atoms with Crippen molar-refractivity contribution in [1.29, 1.82) is 0 Å². The number of urea groups is 1. The number of amides is 2. The maximum Gasteiger partial charge on any atom is 0.442 e. The summed E-state index contributed by atoms with van der Waals surface area (Å²) >= 11 is -0.0309. The van der Waals surface area contributed by atoms with Crippen LogP contribution in [0.25, 0.3) is 16.6 Å². The van der Waals surface area contributed by atoms with Crippen molar-refractivity contribution in [3.05, 3.63) is 41.2 Å². The summed E-state index contributed by atoms with van der Waals surface area (Å²) in [5.41, 5.74) is -0.501. The highest BCUT2D eigenvalue weighted by molar-refractivity contribution is 8.00. The average molecular weight is 493 g/mol. The van der Waals surface area contributed by atoms with E-state index in [4.69, 9.17) is 0 Å². The van der Waals surface area contributed by atoms with Crippen LogP contribution in [0, 0.1) is 6.92 Å². The van der Waals surface area contributed by atoms with Crippen molar-refractivity contribution < 1.29 is 18.0 Å². The van der Waals surface area contributed by atoms with Crippen LogP contribution >= 0.6 is 11.8 Å². The summed E-state index contributed by atoms with van der Waals surface area (Å²) in [6.07, 6.45) is 6.48. The number of hydrogen-bond acceptors (Lipinski definition) is 6. The molecule has 3 heterocycles. The largest absolute Gasteiger partial charge is 0.442 e. The van der Waals surface area contributed by atoms with Crippen LogP contribution in [0.3, 0.4) is 0 Å². The van der Waals surface area contributed by atoms with Gasteiger partial charge in [0.2, 0.25) is 5.95 Å². The summed E-state index contributed by atoms with van der Waals surface area (Å²) < 4.78 is 38.1. The molecular weight excluding hydrogens is 465 g/mol. The van der Waals surface area contributed by atoms with Gasteiger partial charge in [0.1, 0.15) is 0 Å². The zero-order chi connectivity index (χ0) is 24.7. The van der Waals surface area contributed by atoms with Gasteiger partial charge in [0.05, 0.1) is 5.54 Å². The fraction of sp³-hybridized carbons (Fsp3) is 0.478. The van der Waals surface area contributed by atoms with Gasteiger partial charge < -0.3 is 15.5 Å². The Morgan fingerprint density at radius 3 is 2.76 bits per heavy atom. The zero-order valence-corrected chi connectivity index (χ0v) is 20.3. The first-order valence-corrected chi connectivity index (χ1v) is 11.9. The molecule has 2 aliphatic rings. The number of rotatable bonds is 4. The van der Waals surface area contributed by atoms with Crippen LogP contribution in [0.2, 0.25) is 0 Å². The van der Waals surface area contributed by atoms with Crippen LogP contribution in [0.15, 0.2) is 30.0 Å². The Balaban J connectivity index is 1.51. The van der Waals surface area contributed by atoms with E-state index in [-0.39, 0.29) is 24.3 Å². The van der Waals surface area contributed by atoms with Crippen molar-refractivity contribution in [3.8, 4) is 0 Å². The first kappa shape index (κ1) is 24.3. The molecule has 2 N–H and O–H groups in total. The number of aryl methyl sites for hydroxylation is 1. The molecule has 1 saturated heterocycles. The molecule has 0 radical (unpaired) electrons. The van der Waals surface area contributed by atoms with Crippen molar-refractivity contribution >= 4 is 40.3 Å². The van der Waals surface area contributed by atoms with Gasteiger partial charge in [0.15, 0.2) is 5.65 Å². The number of nitrogens with one attached hydrogen (secondary N) is 2. The molecule has 1 unspecified atom stereocenters. The lowest BCUT2D eigenvalue weighted by Gasteiger charge is -2.34. The van der Waals surface area contributed by atoms with E-state index in [1.807, 2.05) is 39.0 Å². The maximum atomic E-state index is 12.9. The molecule has 0 aromatic carbocycles. The minimum Gasteiger partial charge on any atom is -0.357 e. The third-order valence-electron chi connectivity index (χ3n) is 6.15. The zero-order valence-electron chi connectivity index (χ0n) is 19.5. The smallest absolute Gasteiger partial charge is 0.357 e. The number of pyridine rings is 1. The van der Waals surface area contributed by atoms with E-state index < -0.39 is 16.3 Å². The van der Waals surface area contributed by atoms with Crippen LogP contribution < -0.4 is 10.6 Å². The summed E-state index contributed by atoms with van der Waals surface area (Å²) in [5, 5.41) is 6.12. The van der Waals surface area contributed by atoms with Gasteiger partial charge in [0.25, 0.3) is 0 Å². The predicted octanol–water partition coefficient (Wildman–Crippen LogP) is 4.90. The summed E-state index contributed by atoms with van der Waals surface area (Å²) in [5.74, 6) is 0.496. The van der Waals surface area contributed by atoms with E-state index in [0.29, 0.717) is 31.0 Å². The molecule has 2 aromatic rings. The number of fused-ring (bicyclic) bond motifs is 1. The lowest BCUT2D eigenvalue weighted by Crippen LogP contribution is -2.51. The second-order valence-corrected chi connectivity index (χ2v) is 10.3. The van der Waals surface area contributed by atoms with Gasteiger partial charge in [-0.25, -0.2) is 14.8 Å². The van der Waals surface area contributed by atoms with E-state index in [0.717, 1.165) is 27.8 Å². The van der Waals surface area contributed by atoms with E-state index in [2.05, 4.69) is 25.6 Å². The third kappa shape index (κ3) is 5.29. The van der Waals surface area contributed by atoms with Crippen molar-refractivity contribution in [2.24, 2.45) is 0 Å². The minimum absolute atomic E-state index is 0.0309. The lowest BCUT2D eigenvalue weighted by molar-refractivity contribution is -0.0333. The monoisotopic (exact) mass is 492 g/mol. The number of allylic oxidation sites excluding steroid dienone is 2. The molecule has 7 nitrogen and oxygen atoms in total. The molecule has 2 atom stereocenters. The molecule has 2 aromatic heterocycles. The number of aromatic nitrogens is 3. The third-order valence-corrected chi connectivity index (χ3v) is 7.14. The molecular formula is C23H27F3N6OS. The number of alkyl halides is 3. The van der Waals surface area contributed by atoms with Crippen molar-refractivity contribution in [2.45, 2.75) is 49.9 Å². The van der Waals surface area contributed by atoms with Gasteiger partial charge in [-0.1, -0.05) is 12.2 Å². The molecule has 11 heteroatoms. The second kappa shape index (κ2) is 9.09. The maximum absolute atomic E-state index is 12.9. The Kier molecular flexibility index (Phi) is 6.50. The standard InChI is InChI=1S/C23H27F3N6OS/c1-13-5-7-22(3,31-21(33)32-8-6-16(12-32)34-23(24,25)26)10-18(13)17-9-15-11-28-20(27-4)30-19(15)29-14(17)2/h5,7,9,11,16H,6,8,10,12H2,1-4H3,(H,31,33)(H,27,28,29,30)/t16-,22?/m1/s1. The Labute approximate surface area is 200 Å². The topological polar surface area (TPSA) is 83.0 Å². The van der Waals surface area contributed by atoms with Crippen molar-refractivity contribution in [1.82, 2.24) is 25.2 Å². The van der Waals surface area contributed by atoms with E-state index in [1.54, 1.807) is 13.2 Å². The molecule has 0 saturated carbocycles. The van der Waals surface area contributed by atoms with Gasteiger partial charge >= 0.3 is 11.5 Å². The molecule has 0 bridgehead atoms. The Morgan fingerprint density at radius 2 is 2.06 bits per heavy atom. The summed E-state index contributed by atoms with van der Waals surface area (Å²) in [4.78, 5) is 27.7.